The molecule has 0 aliphatic carbocycles. The summed E-state index contributed by atoms with van der Waals surface area (Å²) in [6, 6.07) is 0. The largest absolute Gasteiger partial charge is 0.447 e. The van der Waals surface area contributed by atoms with Crippen LogP contribution in [-0.4, -0.2) is 20.0 Å². The van der Waals surface area contributed by atoms with Crippen LogP contribution < -0.4 is 0 Å². The molecule has 56 valence electrons. The van der Waals surface area contributed by atoms with Gasteiger partial charge in [-0.05, 0) is 0 Å². The second-order valence-electron chi connectivity index (χ2n) is 2.07. The topological polar surface area (TPSA) is 56.7 Å². The van der Waals surface area contributed by atoms with E-state index in [9.17, 15) is 0 Å². The van der Waals surface area contributed by atoms with Crippen molar-refractivity contribution in [3.8, 4) is 5.82 Å². The Kier molecular flexibility index (Phi) is 1.21. The third-order valence-electron chi connectivity index (χ3n) is 1.26. The van der Waals surface area contributed by atoms with E-state index in [1.165, 1.54) is 10.9 Å². The van der Waals surface area contributed by atoms with Crippen LogP contribution in [0.2, 0.25) is 0 Å². The van der Waals surface area contributed by atoms with Gasteiger partial charge in [-0.15, -0.1) is 5.10 Å². The lowest BCUT2D eigenvalue weighted by molar-refractivity contribution is 0.520. The van der Waals surface area contributed by atoms with Gasteiger partial charge >= 0.3 is 0 Å². The van der Waals surface area contributed by atoms with Crippen LogP contribution in [0, 0.1) is 6.92 Å². The van der Waals surface area contributed by atoms with E-state index < -0.39 is 0 Å². The first-order valence-electron chi connectivity index (χ1n) is 3.15. The molecule has 0 aliphatic rings. The molecule has 0 unspecified atom stereocenters. The summed E-state index contributed by atoms with van der Waals surface area (Å²) < 4.78 is 6.53. The van der Waals surface area contributed by atoms with Crippen molar-refractivity contribution in [2.45, 2.75) is 6.92 Å². The zero-order valence-electron chi connectivity index (χ0n) is 5.93. The molecule has 2 aromatic heterocycles. The van der Waals surface area contributed by atoms with E-state index in [-0.39, 0.29) is 0 Å². The van der Waals surface area contributed by atoms with Gasteiger partial charge in [0.15, 0.2) is 11.7 Å². The number of aryl methyl sites for hydroxylation is 1. The minimum atomic E-state index is 0.621. The van der Waals surface area contributed by atoms with Crippen LogP contribution in [0.1, 0.15) is 5.89 Å². The van der Waals surface area contributed by atoms with E-state index in [0.29, 0.717) is 11.7 Å². The molecule has 0 atom stereocenters. The molecule has 0 saturated carbocycles. The van der Waals surface area contributed by atoms with Gasteiger partial charge in [-0.1, -0.05) is 5.21 Å². The van der Waals surface area contributed by atoms with Gasteiger partial charge in [0.25, 0.3) is 0 Å². The van der Waals surface area contributed by atoms with Crippen LogP contribution in [0.3, 0.4) is 0 Å². The molecule has 0 aliphatic heterocycles. The Morgan fingerprint density at radius 2 is 2.45 bits per heavy atom. The minimum absolute atomic E-state index is 0.621. The zero-order valence-corrected chi connectivity index (χ0v) is 5.93. The fourth-order valence-corrected chi connectivity index (χ4v) is 0.788. The van der Waals surface area contributed by atoms with Gasteiger partial charge in [-0.3, -0.25) is 0 Å². The summed E-state index contributed by atoms with van der Waals surface area (Å²) >= 11 is 0. The van der Waals surface area contributed by atoms with E-state index in [0.717, 1.165) is 0 Å². The number of hydrogen-bond donors (Lipinski definition) is 0. The van der Waals surface area contributed by atoms with Crippen molar-refractivity contribution in [1.29, 1.82) is 0 Å². The van der Waals surface area contributed by atoms with E-state index in [1.54, 1.807) is 19.3 Å². The number of nitrogens with zero attached hydrogens (tertiary/aromatic N) is 4. The standard InChI is InChI=1S/C6H6N4O/c1-5-8-6(4-11-5)10-3-2-7-9-10/h2-4H,1H3. The van der Waals surface area contributed by atoms with Crippen LogP contribution >= 0.6 is 0 Å². The van der Waals surface area contributed by atoms with Crippen molar-refractivity contribution < 1.29 is 4.42 Å². The molecule has 2 heterocycles. The SMILES string of the molecule is Cc1nc(-n2ccnn2)co1. The minimum Gasteiger partial charge on any atom is -0.447 e. The Morgan fingerprint density at radius 3 is 3.00 bits per heavy atom. The van der Waals surface area contributed by atoms with E-state index in [2.05, 4.69) is 15.3 Å². The Balaban J connectivity index is 2.45. The molecule has 0 radical (unpaired) electrons. The number of oxazole rings is 1. The van der Waals surface area contributed by atoms with Crippen molar-refractivity contribution in [3.05, 3.63) is 24.5 Å². The Bertz CT molecular complexity index is 337. The van der Waals surface area contributed by atoms with E-state index >= 15 is 0 Å². The molecule has 0 N–H and O–H groups in total. The molecule has 0 amide bonds. The molecule has 0 aromatic carbocycles. The van der Waals surface area contributed by atoms with Gasteiger partial charge < -0.3 is 4.42 Å². The first-order valence-corrected chi connectivity index (χ1v) is 3.15. The third-order valence-corrected chi connectivity index (χ3v) is 1.26. The maximum absolute atomic E-state index is 4.99. The van der Waals surface area contributed by atoms with Gasteiger partial charge in [0.2, 0.25) is 0 Å². The highest BCUT2D eigenvalue weighted by Gasteiger charge is 2.00. The van der Waals surface area contributed by atoms with Gasteiger partial charge in [-0.25, -0.2) is 0 Å². The lowest BCUT2D eigenvalue weighted by Crippen LogP contribution is -1.94. The van der Waals surface area contributed by atoms with Crippen LogP contribution in [0.25, 0.3) is 5.82 Å². The number of hydrogen-bond acceptors (Lipinski definition) is 4. The van der Waals surface area contributed by atoms with Crippen molar-refractivity contribution >= 4 is 0 Å². The van der Waals surface area contributed by atoms with Crippen LogP contribution in [-0.2, 0) is 0 Å². The second-order valence-corrected chi connectivity index (χ2v) is 2.07. The summed E-state index contributed by atoms with van der Waals surface area (Å²) in [7, 11) is 0. The van der Waals surface area contributed by atoms with Crippen molar-refractivity contribution in [2.24, 2.45) is 0 Å². The maximum Gasteiger partial charge on any atom is 0.193 e. The average Bonchev–Trinajstić information content (AvgIpc) is 2.55. The van der Waals surface area contributed by atoms with Crippen LogP contribution in [0.5, 0.6) is 0 Å². The summed E-state index contributed by atoms with van der Waals surface area (Å²) in [6.07, 6.45) is 4.82. The normalized spacial score (nSPS) is 10.3. The molecular weight excluding hydrogens is 144 g/mol. The van der Waals surface area contributed by atoms with E-state index in [4.69, 9.17) is 4.42 Å². The highest BCUT2D eigenvalue weighted by molar-refractivity contribution is 5.13. The molecule has 11 heavy (non-hydrogen) atoms. The monoisotopic (exact) mass is 150 g/mol. The number of aromatic nitrogens is 4. The Morgan fingerprint density at radius 1 is 1.55 bits per heavy atom. The van der Waals surface area contributed by atoms with Crippen LogP contribution in [0.15, 0.2) is 23.1 Å². The number of rotatable bonds is 1. The predicted molar refractivity (Wildman–Crippen MR) is 36.2 cm³/mol. The molecule has 5 nitrogen and oxygen atoms in total. The fraction of sp³-hybridized carbons (Fsp3) is 0.167. The van der Waals surface area contributed by atoms with Gasteiger partial charge in [0.05, 0.1) is 12.4 Å². The Hall–Kier alpha value is -1.65. The second kappa shape index (κ2) is 2.19. The Labute approximate surface area is 62.7 Å². The van der Waals surface area contributed by atoms with Crippen molar-refractivity contribution in [1.82, 2.24) is 20.0 Å². The van der Waals surface area contributed by atoms with Crippen molar-refractivity contribution in [3.63, 3.8) is 0 Å². The molecule has 0 saturated heterocycles. The molecule has 0 spiro atoms. The highest BCUT2D eigenvalue weighted by atomic mass is 16.3. The quantitative estimate of drug-likeness (QED) is 0.596. The highest BCUT2D eigenvalue weighted by Crippen LogP contribution is 2.03. The van der Waals surface area contributed by atoms with Gasteiger partial charge in [0, 0.05) is 6.92 Å². The summed E-state index contributed by atoms with van der Waals surface area (Å²) in [5, 5.41) is 7.38. The van der Waals surface area contributed by atoms with E-state index in [1.807, 2.05) is 0 Å². The smallest absolute Gasteiger partial charge is 0.193 e. The summed E-state index contributed by atoms with van der Waals surface area (Å²) in [5.74, 6) is 1.27. The first-order chi connectivity index (χ1) is 5.36. The molecule has 0 bridgehead atoms. The lowest BCUT2D eigenvalue weighted by Gasteiger charge is -1.87. The molecule has 2 rings (SSSR count). The predicted octanol–water partition coefficient (Wildman–Crippen LogP) is 0.564. The average molecular weight is 150 g/mol. The fourth-order valence-electron chi connectivity index (χ4n) is 0.788. The summed E-state index contributed by atoms with van der Waals surface area (Å²) in [4.78, 5) is 4.05. The van der Waals surface area contributed by atoms with Crippen LogP contribution in [0.4, 0.5) is 0 Å². The van der Waals surface area contributed by atoms with Gasteiger partial charge in [-0.2, -0.15) is 9.67 Å². The third kappa shape index (κ3) is 1.000. The summed E-state index contributed by atoms with van der Waals surface area (Å²) in [6.45, 7) is 1.78. The zero-order chi connectivity index (χ0) is 7.68. The lowest BCUT2D eigenvalue weighted by atomic mass is 10.7. The first kappa shape index (κ1) is 6.09. The molecular formula is C6H6N4O. The van der Waals surface area contributed by atoms with Gasteiger partial charge in [0.1, 0.15) is 6.26 Å². The molecule has 0 fully saturated rings. The van der Waals surface area contributed by atoms with Crippen molar-refractivity contribution in [2.75, 3.05) is 0 Å². The molecule has 2 aromatic rings. The maximum atomic E-state index is 4.99. The summed E-state index contributed by atoms with van der Waals surface area (Å²) in [5.41, 5.74) is 0. The molecule has 5 heteroatoms.